The van der Waals surface area contributed by atoms with Crippen molar-refractivity contribution in [2.75, 3.05) is 12.4 Å². The predicted octanol–water partition coefficient (Wildman–Crippen LogP) is 2.28. The second-order valence-corrected chi connectivity index (χ2v) is 3.25. The Balaban J connectivity index is 2.30. The Hall–Kier alpha value is -1.88. The normalized spacial score (nSPS) is 9.88. The Bertz CT molecular complexity index is 478. The molecule has 1 N–H and O–H groups in total. The summed E-state index contributed by atoms with van der Waals surface area (Å²) in [5.74, 6) is 1.05. The van der Waals surface area contributed by atoms with Gasteiger partial charge in [-0.25, -0.2) is 4.98 Å². The van der Waals surface area contributed by atoms with Crippen molar-refractivity contribution in [2.24, 2.45) is 0 Å². The minimum absolute atomic E-state index is 0.164. The van der Waals surface area contributed by atoms with E-state index in [2.05, 4.69) is 20.3 Å². The summed E-state index contributed by atoms with van der Waals surface area (Å²) >= 11 is 5.71. The third-order valence-corrected chi connectivity index (χ3v) is 2.07. The van der Waals surface area contributed by atoms with Crippen molar-refractivity contribution >= 4 is 23.1 Å². The van der Waals surface area contributed by atoms with E-state index in [4.69, 9.17) is 16.3 Å². The van der Waals surface area contributed by atoms with Crippen LogP contribution in [0.2, 0.25) is 5.28 Å². The molecule has 0 saturated carbocycles. The first-order valence-corrected chi connectivity index (χ1v) is 4.91. The second kappa shape index (κ2) is 4.76. The predicted molar refractivity (Wildman–Crippen MR) is 61.1 cm³/mol. The molecule has 2 aromatic rings. The highest BCUT2D eigenvalue weighted by Gasteiger charge is 2.06. The molecule has 2 rings (SSSR count). The number of hydrogen-bond donors (Lipinski definition) is 1. The number of pyridine rings is 1. The zero-order valence-corrected chi connectivity index (χ0v) is 9.27. The number of hydrogen-bond acceptors (Lipinski definition) is 5. The van der Waals surface area contributed by atoms with Crippen molar-refractivity contribution in [3.63, 3.8) is 0 Å². The van der Waals surface area contributed by atoms with E-state index in [-0.39, 0.29) is 5.28 Å². The molecular weight excluding hydrogens is 228 g/mol. The first kappa shape index (κ1) is 10.6. The number of aromatic nitrogens is 3. The Morgan fingerprint density at radius 2 is 2.06 bits per heavy atom. The van der Waals surface area contributed by atoms with E-state index >= 15 is 0 Å². The van der Waals surface area contributed by atoms with Gasteiger partial charge in [0.25, 0.3) is 0 Å². The van der Waals surface area contributed by atoms with Gasteiger partial charge in [-0.1, -0.05) is 0 Å². The standard InChI is InChI=1S/C10H9ClN4O/c1-16-8-6-13-10(11)15-9(8)14-7-2-4-12-5-3-7/h2-6H,1H3,(H,12,13,14,15). The van der Waals surface area contributed by atoms with Gasteiger partial charge in [0.15, 0.2) is 11.6 Å². The summed E-state index contributed by atoms with van der Waals surface area (Å²) in [5, 5.41) is 3.23. The molecule has 0 unspecified atom stereocenters. The largest absolute Gasteiger partial charge is 0.491 e. The molecule has 0 atom stereocenters. The van der Waals surface area contributed by atoms with Crippen LogP contribution >= 0.6 is 11.6 Å². The average Bonchev–Trinajstić information content (AvgIpc) is 2.31. The lowest BCUT2D eigenvalue weighted by atomic mass is 10.4. The summed E-state index contributed by atoms with van der Waals surface area (Å²) in [4.78, 5) is 11.8. The summed E-state index contributed by atoms with van der Waals surface area (Å²) in [7, 11) is 1.55. The molecule has 0 fully saturated rings. The SMILES string of the molecule is COc1cnc(Cl)nc1Nc1ccncc1. The third-order valence-electron chi connectivity index (χ3n) is 1.89. The molecule has 0 amide bonds. The van der Waals surface area contributed by atoms with Crippen molar-refractivity contribution in [3.8, 4) is 5.75 Å². The second-order valence-electron chi connectivity index (χ2n) is 2.92. The molecule has 2 aromatic heterocycles. The van der Waals surface area contributed by atoms with Crippen LogP contribution in [0.1, 0.15) is 0 Å². The van der Waals surface area contributed by atoms with Gasteiger partial charge in [0, 0.05) is 18.1 Å². The number of ether oxygens (including phenoxy) is 1. The first-order chi connectivity index (χ1) is 7.79. The van der Waals surface area contributed by atoms with Crippen LogP contribution in [0.4, 0.5) is 11.5 Å². The van der Waals surface area contributed by atoms with Crippen LogP contribution in [0.3, 0.4) is 0 Å². The first-order valence-electron chi connectivity index (χ1n) is 4.53. The molecule has 0 aliphatic carbocycles. The van der Waals surface area contributed by atoms with E-state index in [0.717, 1.165) is 5.69 Å². The molecular formula is C10H9ClN4O. The molecule has 0 bridgehead atoms. The fraction of sp³-hybridized carbons (Fsp3) is 0.100. The lowest BCUT2D eigenvalue weighted by Gasteiger charge is -2.09. The maximum Gasteiger partial charge on any atom is 0.224 e. The minimum atomic E-state index is 0.164. The third kappa shape index (κ3) is 2.38. The van der Waals surface area contributed by atoms with Crippen LogP contribution in [-0.4, -0.2) is 22.1 Å². The highest BCUT2D eigenvalue weighted by atomic mass is 35.5. The molecule has 0 saturated heterocycles. The van der Waals surface area contributed by atoms with Gasteiger partial charge in [-0.3, -0.25) is 4.98 Å². The Kier molecular flexibility index (Phi) is 3.16. The fourth-order valence-corrected chi connectivity index (χ4v) is 1.29. The quantitative estimate of drug-likeness (QED) is 0.829. The van der Waals surface area contributed by atoms with Crippen LogP contribution < -0.4 is 10.1 Å². The molecule has 0 aliphatic rings. The van der Waals surface area contributed by atoms with Crippen molar-refractivity contribution in [1.29, 1.82) is 0 Å². The van der Waals surface area contributed by atoms with Crippen LogP contribution in [0.25, 0.3) is 0 Å². The van der Waals surface area contributed by atoms with E-state index in [1.165, 1.54) is 6.20 Å². The van der Waals surface area contributed by atoms with Crippen molar-refractivity contribution in [2.45, 2.75) is 0 Å². The molecule has 2 heterocycles. The molecule has 6 heteroatoms. The zero-order valence-electron chi connectivity index (χ0n) is 8.51. The maximum atomic E-state index is 5.71. The monoisotopic (exact) mass is 236 g/mol. The molecule has 16 heavy (non-hydrogen) atoms. The minimum Gasteiger partial charge on any atom is -0.491 e. The molecule has 0 aromatic carbocycles. The van der Waals surface area contributed by atoms with Crippen LogP contribution in [0, 0.1) is 0 Å². The maximum absolute atomic E-state index is 5.71. The highest BCUT2D eigenvalue weighted by Crippen LogP contribution is 2.24. The van der Waals surface area contributed by atoms with Crippen LogP contribution in [0.5, 0.6) is 5.75 Å². The van der Waals surface area contributed by atoms with Crippen LogP contribution in [-0.2, 0) is 0 Å². The Morgan fingerprint density at radius 3 is 2.75 bits per heavy atom. The van der Waals surface area contributed by atoms with Gasteiger partial charge in [0.05, 0.1) is 13.3 Å². The van der Waals surface area contributed by atoms with Crippen molar-refractivity contribution in [1.82, 2.24) is 15.0 Å². The summed E-state index contributed by atoms with van der Waals surface area (Å²) in [6, 6.07) is 3.63. The van der Waals surface area contributed by atoms with E-state index in [0.29, 0.717) is 11.6 Å². The van der Waals surface area contributed by atoms with Gasteiger partial charge in [-0.05, 0) is 23.7 Å². The van der Waals surface area contributed by atoms with Crippen LogP contribution in [0.15, 0.2) is 30.7 Å². The lowest BCUT2D eigenvalue weighted by molar-refractivity contribution is 0.413. The number of anilines is 2. The highest BCUT2D eigenvalue weighted by molar-refractivity contribution is 6.28. The molecule has 5 nitrogen and oxygen atoms in total. The smallest absolute Gasteiger partial charge is 0.224 e. The Morgan fingerprint density at radius 1 is 1.31 bits per heavy atom. The summed E-state index contributed by atoms with van der Waals surface area (Å²) in [5.41, 5.74) is 0.850. The zero-order chi connectivity index (χ0) is 11.4. The van der Waals surface area contributed by atoms with Crippen molar-refractivity contribution < 1.29 is 4.74 Å². The number of rotatable bonds is 3. The molecule has 0 radical (unpaired) electrons. The number of methoxy groups -OCH3 is 1. The van der Waals surface area contributed by atoms with E-state index in [1.54, 1.807) is 19.5 Å². The lowest BCUT2D eigenvalue weighted by Crippen LogP contribution is -1.99. The van der Waals surface area contributed by atoms with Gasteiger partial charge >= 0.3 is 0 Å². The van der Waals surface area contributed by atoms with Gasteiger partial charge < -0.3 is 10.1 Å². The molecule has 0 aliphatic heterocycles. The van der Waals surface area contributed by atoms with Gasteiger partial charge in [0.2, 0.25) is 5.28 Å². The van der Waals surface area contributed by atoms with Gasteiger partial charge in [-0.15, -0.1) is 0 Å². The van der Waals surface area contributed by atoms with Crippen molar-refractivity contribution in [3.05, 3.63) is 36.0 Å². The van der Waals surface area contributed by atoms with E-state index < -0.39 is 0 Å². The average molecular weight is 237 g/mol. The summed E-state index contributed by atoms with van der Waals surface area (Å²) in [6.45, 7) is 0. The van der Waals surface area contributed by atoms with Gasteiger partial charge in [-0.2, -0.15) is 4.98 Å². The molecule has 82 valence electrons. The van der Waals surface area contributed by atoms with E-state index in [1.807, 2.05) is 12.1 Å². The summed E-state index contributed by atoms with van der Waals surface area (Å²) < 4.78 is 5.11. The topological polar surface area (TPSA) is 59.9 Å². The fourth-order valence-electron chi connectivity index (χ4n) is 1.16. The van der Waals surface area contributed by atoms with Gasteiger partial charge in [0.1, 0.15) is 0 Å². The number of halogens is 1. The Labute approximate surface area is 97.5 Å². The number of nitrogens with one attached hydrogen (secondary N) is 1. The van der Waals surface area contributed by atoms with E-state index in [9.17, 15) is 0 Å². The summed E-state index contributed by atoms with van der Waals surface area (Å²) in [6.07, 6.45) is 4.87. The number of nitrogens with zero attached hydrogens (tertiary/aromatic N) is 3. The molecule has 0 spiro atoms.